The second-order valence-electron chi connectivity index (χ2n) is 7.80. The van der Waals surface area contributed by atoms with Crippen molar-refractivity contribution in [3.8, 4) is 5.75 Å². The van der Waals surface area contributed by atoms with Gasteiger partial charge in [-0.3, -0.25) is 14.5 Å². The molecule has 1 amide bonds. The number of halogens is 1. The fourth-order valence-electron chi connectivity index (χ4n) is 3.64. The summed E-state index contributed by atoms with van der Waals surface area (Å²) < 4.78 is 5.13. The number of carbonyl (C=O) groups excluding carboxylic acids is 1. The van der Waals surface area contributed by atoms with Gasteiger partial charge < -0.3 is 15.0 Å². The largest absolute Gasteiger partial charge is 0.497 e. The third kappa shape index (κ3) is 6.37. The molecule has 0 atom stereocenters. The Labute approximate surface area is 201 Å². The number of methoxy groups -OCH3 is 1. The molecule has 9 heteroatoms. The Bertz CT molecular complexity index is 1170. The zero-order valence-electron chi connectivity index (χ0n) is 18.3. The van der Waals surface area contributed by atoms with Crippen LogP contribution in [-0.4, -0.2) is 40.2 Å². The first-order chi connectivity index (χ1) is 16.0. The number of nitrogens with zero attached hydrogens (tertiary/aromatic N) is 2. The van der Waals surface area contributed by atoms with Gasteiger partial charge in [-0.1, -0.05) is 47.6 Å². The van der Waals surface area contributed by atoms with Crippen molar-refractivity contribution < 1.29 is 9.53 Å². The smallest absolute Gasteiger partial charge is 0.256 e. The molecular formula is C24H25ClN4O3S. The van der Waals surface area contributed by atoms with Crippen LogP contribution < -0.4 is 15.6 Å². The van der Waals surface area contributed by atoms with Crippen molar-refractivity contribution in [2.75, 3.05) is 19.4 Å². The van der Waals surface area contributed by atoms with Crippen molar-refractivity contribution in [3.05, 3.63) is 86.3 Å². The summed E-state index contributed by atoms with van der Waals surface area (Å²) in [6.45, 7) is 2.55. The van der Waals surface area contributed by atoms with Crippen molar-refractivity contribution in [1.29, 1.82) is 0 Å². The number of thioether (sulfide) groups is 1. The normalized spacial score (nSPS) is 13.4. The predicted molar refractivity (Wildman–Crippen MR) is 130 cm³/mol. The third-order valence-electron chi connectivity index (χ3n) is 5.43. The van der Waals surface area contributed by atoms with Crippen LogP contribution in [0.4, 0.5) is 0 Å². The molecule has 3 aromatic rings. The molecular weight excluding hydrogens is 460 g/mol. The summed E-state index contributed by atoms with van der Waals surface area (Å²) in [6.07, 6.45) is 0.698. The standard InChI is InChI=1S/C24H25ClN4O3S/c1-32-19-8-4-16(5-9-19)12-26-22(30)15-33-24-27-21-10-11-29(14-20(21)23(31)28-24)13-17-2-6-18(25)7-3-17/h2-9H,10-15H2,1H3,(H,26,30)(H,27,28,31). The number of rotatable bonds is 8. The van der Waals surface area contributed by atoms with E-state index in [2.05, 4.69) is 20.2 Å². The van der Waals surface area contributed by atoms with Crippen LogP contribution in [0, 0.1) is 0 Å². The van der Waals surface area contributed by atoms with E-state index in [-0.39, 0.29) is 17.2 Å². The number of benzene rings is 2. The van der Waals surface area contributed by atoms with E-state index in [1.807, 2.05) is 48.5 Å². The topological polar surface area (TPSA) is 87.3 Å². The summed E-state index contributed by atoms with van der Waals surface area (Å²) in [7, 11) is 1.62. The fourth-order valence-corrected chi connectivity index (χ4v) is 4.47. The first-order valence-electron chi connectivity index (χ1n) is 10.6. The average molecular weight is 485 g/mol. The Morgan fingerprint density at radius 3 is 2.64 bits per heavy atom. The summed E-state index contributed by atoms with van der Waals surface area (Å²) >= 11 is 7.20. The van der Waals surface area contributed by atoms with Gasteiger partial charge in [0.2, 0.25) is 5.91 Å². The SMILES string of the molecule is COc1ccc(CNC(=O)CSc2nc3c(c(=O)[nH]2)CN(Cc2ccc(Cl)cc2)CC3)cc1. The number of amides is 1. The van der Waals surface area contributed by atoms with Crippen LogP contribution in [0.15, 0.2) is 58.5 Å². The number of hydrogen-bond donors (Lipinski definition) is 2. The van der Waals surface area contributed by atoms with E-state index in [1.54, 1.807) is 7.11 Å². The van der Waals surface area contributed by atoms with E-state index in [9.17, 15) is 9.59 Å². The van der Waals surface area contributed by atoms with Gasteiger partial charge >= 0.3 is 0 Å². The second-order valence-corrected chi connectivity index (χ2v) is 9.20. The number of H-pyrrole nitrogens is 1. The number of ether oxygens (including phenoxy) is 1. The summed E-state index contributed by atoms with van der Waals surface area (Å²) in [6, 6.07) is 15.3. The van der Waals surface area contributed by atoms with Gasteiger partial charge in [-0.2, -0.15) is 0 Å². The van der Waals surface area contributed by atoms with Crippen molar-refractivity contribution in [2.24, 2.45) is 0 Å². The van der Waals surface area contributed by atoms with Gasteiger partial charge in [0.25, 0.3) is 5.56 Å². The van der Waals surface area contributed by atoms with Gasteiger partial charge in [-0.05, 0) is 35.4 Å². The van der Waals surface area contributed by atoms with E-state index < -0.39 is 0 Å². The van der Waals surface area contributed by atoms with Gasteiger partial charge in [0.1, 0.15) is 5.75 Å². The van der Waals surface area contributed by atoms with E-state index in [4.69, 9.17) is 16.3 Å². The van der Waals surface area contributed by atoms with E-state index in [0.717, 1.165) is 35.7 Å². The molecule has 2 aromatic carbocycles. The summed E-state index contributed by atoms with van der Waals surface area (Å²) in [5.74, 6) is 0.835. The summed E-state index contributed by atoms with van der Waals surface area (Å²) in [5, 5.41) is 4.07. The molecule has 0 fully saturated rings. The molecule has 0 spiro atoms. The zero-order valence-corrected chi connectivity index (χ0v) is 19.8. The highest BCUT2D eigenvalue weighted by Gasteiger charge is 2.21. The van der Waals surface area contributed by atoms with Crippen LogP contribution in [0.25, 0.3) is 0 Å². The van der Waals surface area contributed by atoms with E-state index in [0.29, 0.717) is 35.3 Å². The van der Waals surface area contributed by atoms with Crippen molar-refractivity contribution >= 4 is 29.3 Å². The van der Waals surface area contributed by atoms with Gasteiger partial charge in [0.05, 0.1) is 24.1 Å². The molecule has 172 valence electrons. The summed E-state index contributed by atoms with van der Waals surface area (Å²) in [5.41, 5.74) is 3.51. The maximum absolute atomic E-state index is 12.7. The van der Waals surface area contributed by atoms with Crippen LogP contribution >= 0.6 is 23.4 Å². The lowest BCUT2D eigenvalue weighted by Crippen LogP contribution is -2.35. The number of aromatic nitrogens is 2. The van der Waals surface area contributed by atoms with Gasteiger partial charge in [0.15, 0.2) is 5.16 Å². The molecule has 1 aromatic heterocycles. The van der Waals surface area contributed by atoms with Gasteiger partial charge in [-0.15, -0.1) is 0 Å². The maximum Gasteiger partial charge on any atom is 0.256 e. The molecule has 4 rings (SSSR count). The van der Waals surface area contributed by atoms with Crippen LogP contribution in [0.3, 0.4) is 0 Å². The minimum Gasteiger partial charge on any atom is -0.497 e. The molecule has 0 saturated carbocycles. The first kappa shape index (κ1) is 23.4. The molecule has 33 heavy (non-hydrogen) atoms. The number of nitrogens with one attached hydrogen (secondary N) is 2. The molecule has 7 nitrogen and oxygen atoms in total. The Morgan fingerprint density at radius 2 is 1.91 bits per heavy atom. The van der Waals surface area contributed by atoms with Crippen LogP contribution in [-0.2, 0) is 30.8 Å². The van der Waals surface area contributed by atoms with Crippen molar-refractivity contribution in [1.82, 2.24) is 20.2 Å². The summed E-state index contributed by atoms with van der Waals surface area (Å²) in [4.78, 5) is 34.6. The minimum absolute atomic E-state index is 0.120. The molecule has 2 N–H and O–H groups in total. The van der Waals surface area contributed by atoms with E-state index in [1.165, 1.54) is 11.8 Å². The monoisotopic (exact) mass is 484 g/mol. The molecule has 1 aliphatic heterocycles. The maximum atomic E-state index is 12.7. The Hall–Kier alpha value is -2.81. The number of aromatic amines is 1. The Morgan fingerprint density at radius 1 is 1.18 bits per heavy atom. The molecule has 0 bridgehead atoms. The molecule has 1 aliphatic rings. The fraction of sp³-hybridized carbons (Fsp3) is 0.292. The molecule has 2 heterocycles. The lowest BCUT2D eigenvalue weighted by Gasteiger charge is -2.27. The van der Waals surface area contributed by atoms with Crippen LogP contribution in [0.5, 0.6) is 5.75 Å². The molecule has 0 unspecified atom stereocenters. The molecule has 0 radical (unpaired) electrons. The average Bonchev–Trinajstić information content (AvgIpc) is 2.83. The van der Waals surface area contributed by atoms with Gasteiger partial charge in [0, 0.05) is 37.6 Å². The van der Waals surface area contributed by atoms with E-state index >= 15 is 0 Å². The lowest BCUT2D eigenvalue weighted by molar-refractivity contribution is -0.118. The quantitative estimate of drug-likeness (QED) is 0.376. The molecule has 0 aliphatic carbocycles. The number of carbonyl (C=O) groups is 1. The highest BCUT2D eigenvalue weighted by atomic mass is 35.5. The second kappa shape index (κ2) is 10.9. The number of fused-ring (bicyclic) bond motifs is 1. The van der Waals surface area contributed by atoms with Crippen molar-refractivity contribution in [3.63, 3.8) is 0 Å². The molecule has 0 saturated heterocycles. The van der Waals surface area contributed by atoms with Crippen molar-refractivity contribution in [2.45, 2.75) is 31.2 Å². The third-order valence-corrected chi connectivity index (χ3v) is 6.56. The first-order valence-corrected chi connectivity index (χ1v) is 12.0. The van der Waals surface area contributed by atoms with Crippen LogP contribution in [0.1, 0.15) is 22.4 Å². The van der Waals surface area contributed by atoms with Crippen LogP contribution in [0.2, 0.25) is 5.02 Å². The number of hydrogen-bond acceptors (Lipinski definition) is 6. The minimum atomic E-state index is -0.137. The highest BCUT2D eigenvalue weighted by molar-refractivity contribution is 7.99. The highest BCUT2D eigenvalue weighted by Crippen LogP contribution is 2.20. The van der Waals surface area contributed by atoms with Gasteiger partial charge in [-0.25, -0.2) is 4.98 Å². The lowest BCUT2D eigenvalue weighted by atomic mass is 10.1. The predicted octanol–water partition coefficient (Wildman–Crippen LogP) is 3.40. The Balaban J connectivity index is 1.30. The Kier molecular flexibility index (Phi) is 7.69. The zero-order chi connectivity index (χ0) is 23.2.